The largest absolute Gasteiger partial charge is 0.365 e. The Balaban J connectivity index is 1.87. The van der Waals surface area contributed by atoms with E-state index in [1.54, 1.807) is 22.7 Å². The second kappa shape index (κ2) is 6.57. The predicted molar refractivity (Wildman–Crippen MR) is 107 cm³/mol. The number of fused-ring (bicyclic) bond motifs is 1. The van der Waals surface area contributed by atoms with Gasteiger partial charge in [0.15, 0.2) is 0 Å². The lowest BCUT2D eigenvalue weighted by Crippen LogP contribution is -2.37. The zero-order valence-corrected chi connectivity index (χ0v) is 16.2. The van der Waals surface area contributed by atoms with Gasteiger partial charge in [0.1, 0.15) is 12.5 Å². The zero-order valence-electron chi connectivity index (χ0n) is 13.8. The van der Waals surface area contributed by atoms with Crippen molar-refractivity contribution in [3.8, 4) is 10.4 Å². The number of hydrogen-bond acceptors (Lipinski definition) is 5. The van der Waals surface area contributed by atoms with Gasteiger partial charge in [-0.1, -0.05) is 11.6 Å². The lowest BCUT2D eigenvalue weighted by atomic mass is 9.93. The van der Waals surface area contributed by atoms with E-state index in [4.69, 9.17) is 11.6 Å². The molecule has 2 atom stereocenters. The van der Waals surface area contributed by atoms with Gasteiger partial charge in [-0.25, -0.2) is 0 Å². The molecule has 3 heterocycles. The van der Waals surface area contributed by atoms with Gasteiger partial charge in [-0.05, 0) is 60.0 Å². The lowest BCUT2D eigenvalue weighted by molar-refractivity contribution is -0.109. The smallest absolute Gasteiger partial charge is 0.141 e. The molecular formula is C19H17ClN2OS2. The number of aryl methyl sites for hydroxylation is 2. The first-order chi connectivity index (χ1) is 12.1. The second-order valence-corrected chi connectivity index (χ2v) is 8.41. The van der Waals surface area contributed by atoms with E-state index in [0.717, 1.165) is 28.0 Å². The van der Waals surface area contributed by atoms with Crippen LogP contribution in [0, 0.1) is 13.8 Å². The molecule has 0 spiro atoms. The van der Waals surface area contributed by atoms with Gasteiger partial charge < -0.3 is 10.1 Å². The van der Waals surface area contributed by atoms with E-state index in [1.165, 1.54) is 16.0 Å². The van der Waals surface area contributed by atoms with Crippen LogP contribution in [-0.4, -0.2) is 6.29 Å². The lowest BCUT2D eigenvalue weighted by Gasteiger charge is -2.34. The van der Waals surface area contributed by atoms with E-state index in [1.807, 2.05) is 12.1 Å². The molecule has 0 aliphatic carbocycles. The molecule has 3 nitrogen and oxygen atoms in total. The number of anilines is 1. The molecular weight excluding hydrogens is 372 g/mol. The minimum absolute atomic E-state index is 0.0823. The fourth-order valence-electron chi connectivity index (χ4n) is 3.29. The normalized spacial score (nSPS) is 19.3. The van der Waals surface area contributed by atoms with Gasteiger partial charge in [-0.15, -0.1) is 22.7 Å². The summed E-state index contributed by atoms with van der Waals surface area (Å²) in [5.74, 6) is 0. The Hall–Kier alpha value is -1.66. The molecule has 2 aromatic heterocycles. The van der Waals surface area contributed by atoms with E-state index in [9.17, 15) is 4.79 Å². The summed E-state index contributed by atoms with van der Waals surface area (Å²) < 4.78 is 0. The number of carbonyl (C=O) groups is 1. The minimum Gasteiger partial charge on any atom is -0.365 e. The summed E-state index contributed by atoms with van der Waals surface area (Å²) in [6, 6.07) is 7.65. The molecule has 0 fully saturated rings. The molecule has 3 aromatic rings. The Morgan fingerprint density at radius 3 is 2.48 bits per heavy atom. The molecule has 128 valence electrons. The fraction of sp³-hybridized carbons (Fsp3) is 0.211. The molecule has 0 radical (unpaired) electrons. The topological polar surface area (TPSA) is 41.1 Å². The maximum absolute atomic E-state index is 11.9. The third-order valence-corrected chi connectivity index (χ3v) is 6.97. The van der Waals surface area contributed by atoms with Crippen molar-refractivity contribution in [2.75, 3.05) is 5.32 Å². The number of hydrogen-bond donors (Lipinski definition) is 2. The average molecular weight is 389 g/mol. The van der Waals surface area contributed by atoms with Gasteiger partial charge in [0, 0.05) is 31.6 Å². The number of rotatable bonds is 3. The second-order valence-electron chi connectivity index (χ2n) is 6.14. The number of carbonyl (C=O) groups excluding carboxylic acids is 1. The van der Waals surface area contributed by atoms with Crippen LogP contribution in [-0.2, 0) is 4.79 Å². The summed E-state index contributed by atoms with van der Waals surface area (Å²) in [6.45, 7) is 4.15. The van der Waals surface area contributed by atoms with Crippen LogP contribution in [0.5, 0.6) is 0 Å². The van der Waals surface area contributed by atoms with E-state index in [2.05, 4.69) is 47.4 Å². The van der Waals surface area contributed by atoms with Crippen molar-refractivity contribution in [1.29, 1.82) is 0 Å². The average Bonchev–Trinajstić information content (AvgIpc) is 3.22. The summed E-state index contributed by atoms with van der Waals surface area (Å²) in [5, 5.41) is 11.8. The molecule has 0 bridgehead atoms. The first kappa shape index (κ1) is 16.8. The molecule has 4 rings (SSSR count). The number of halogens is 1. The fourth-order valence-corrected chi connectivity index (χ4v) is 5.54. The van der Waals surface area contributed by atoms with Gasteiger partial charge in [0.05, 0.1) is 6.04 Å². The molecule has 1 aliphatic rings. The molecule has 2 N–H and O–H groups in total. The van der Waals surface area contributed by atoms with E-state index >= 15 is 0 Å². The molecule has 0 saturated carbocycles. The Morgan fingerprint density at radius 2 is 1.84 bits per heavy atom. The van der Waals surface area contributed by atoms with E-state index < -0.39 is 6.04 Å². The summed E-state index contributed by atoms with van der Waals surface area (Å²) >= 11 is 9.88. The van der Waals surface area contributed by atoms with Crippen molar-refractivity contribution in [1.82, 2.24) is 5.32 Å². The molecule has 0 amide bonds. The first-order valence-electron chi connectivity index (χ1n) is 7.99. The molecule has 1 aliphatic heterocycles. The van der Waals surface area contributed by atoms with Crippen molar-refractivity contribution in [2.24, 2.45) is 0 Å². The summed E-state index contributed by atoms with van der Waals surface area (Å²) in [4.78, 5) is 14.2. The van der Waals surface area contributed by atoms with Crippen LogP contribution in [0.1, 0.15) is 33.8 Å². The highest BCUT2D eigenvalue weighted by molar-refractivity contribution is 7.13. The van der Waals surface area contributed by atoms with Crippen LogP contribution in [0.15, 0.2) is 35.0 Å². The minimum atomic E-state index is -0.405. The highest BCUT2D eigenvalue weighted by Crippen LogP contribution is 2.45. The van der Waals surface area contributed by atoms with Crippen molar-refractivity contribution in [2.45, 2.75) is 26.1 Å². The van der Waals surface area contributed by atoms with Gasteiger partial charge >= 0.3 is 0 Å². The zero-order chi connectivity index (χ0) is 17.6. The van der Waals surface area contributed by atoms with Crippen LogP contribution in [0.25, 0.3) is 10.4 Å². The Bertz CT molecular complexity index is 947. The highest BCUT2D eigenvalue weighted by atomic mass is 35.5. The Morgan fingerprint density at radius 1 is 1.08 bits per heavy atom. The highest BCUT2D eigenvalue weighted by Gasteiger charge is 2.31. The summed E-state index contributed by atoms with van der Waals surface area (Å²) in [7, 11) is 0. The molecule has 1 aromatic carbocycles. The maximum Gasteiger partial charge on any atom is 0.141 e. The molecule has 2 unspecified atom stereocenters. The molecule has 6 heteroatoms. The van der Waals surface area contributed by atoms with Crippen LogP contribution in [0.2, 0.25) is 5.02 Å². The van der Waals surface area contributed by atoms with Gasteiger partial charge in [0.2, 0.25) is 0 Å². The number of nitrogens with one attached hydrogen (secondary N) is 2. The molecule has 0 saturated heterocycles. The Kier molecular flexibility index (Phi) is 4.41. The van der Waals surface area contributed by atoms with Gasteiger partial charge in [-0.3, -0.25) is 5.32 Å². The van der Waals surface area contributed by atoms with Crippen LogP contribution in [0.4, 0.5) is 5.69 Å². The molecule has 25 heavy (non-hydrogen) atoms. The van der Waals surface area contributed by atoms with E-state index in [0.29, 0.717) is 5.02 Å². The van der Waals surface area contributed by atoms with Crippen LogP contribution in [0.3, 0.4) is 0 Å². The van der Waals surface area contributed by atoms with Crippen molar-refractivity contribution in [3.05, 3.63) is 61.6 Å². The third-order valence-electron chi connectivity index (χ3n) is 4.54. The van der Waals surface area contributed by atoms with Crippen LogP contribution < -0.4 is 10.6 Å². The number of benzene rings is 1. The first-order valence-corrected chi connectivity index (χ1v) is 10.1. The van der Waals surface area contributed by atoms with Crippen molar-refractivity contribution in [3.63, 3.8) is 0 Å². The number of aldehydes is 1. The van der Waals surface area contributed by atoms with Gasteiger partial charge in [-0.2, -0.15) is 0 Å². The quantitative estimate of drug-likeness (QED) is 0.565. The van der Waals surface area contributed by atoms with Crippen LogP contribution >= 0.6 is 34.3 Å². The third kappa shape index (κ3) is 2.81. The maximum atomic E-state index is 11.9. The summed E-state index contributed by atoms with van der Waals surface area (Å²) in [6.07, 6.45) is 0.888. The van der Waals surface area contributed by atoms with Crippen molar-refractivity contribution < 1.29 is 4.79 Å². The van der Waals surface area contributed by atoms with E-state index in [-0.39, 0.29) is 6.17 Å². The number of thiophene rings is 2. The summed E-state index contributed by atoms with van der Waals surface area (Å²) in [5.41, 5.74) is 5.22. The monoisotopic (exact) mass is 388 g/mol. The standard InChI is InChI=1S/C19H17ClN2OS2/c1-10-5-7-24-17(10)15-12(20)3-4-13-16(15)14(9-23)22-19(21-13)18-11(2)6-8-25-18/h3-9,14,19,21-22H,1-2H3. The SMILES string of the molecule is Cc1ccsc1-c1c(Cl)ccc2c1C(C=O)NC(c1sccc1C)N2. The van der Waals surface area contributed by atoms with Gasteiger partial charge in [0.25, 0.3) is 0 Å². The van der Waals surface area contributed by atoms with Crippen molar-refractivity contribution >= 4 is 46.2 Å². The predicted octanol–water partition coefficient (Wildman–Crippen LogP) is 5.70. The Labute approximate surface area is 159 Å².